The average molecular weight is 511 g/mol. The van der Waals surface area contributed by atoms with Crippen molar-refractivity contribution in [2.75, 3.05) is 11.3 Å². The zero-order valence-electron chi connectivity index (χ0n) is 20.4. The highest BCUT2D eigenvalue weighted by atomic mass is 32.2. The van der Waals surface area contributed by atoms with E-state index in [1.165, 1.54) is 18.2 Å². The van der Waals surface area contributed by atoms with Crippen LogP contribution in [0.1, 0.15) is 36.6 Å². The van der Waals surface area contributed by atoms with Crippen molar-refractivity contribution in [2.24, 2.45) is 0 Å². The number of aliphatic hydroxyl groups excluding tert-OH is 1. The molecule has 0 spiro atoms. The van der Waals surface area contributed by atoms with Crippen molar-refractivity contribution >= 4 is 21.8 Å². The first-order valence-electron chi connectivity index (χ1n) is 11.6. The molecule has 0 saturated heterocycles. The second kappa shape index (κ2) is 10.2. The Morgan fingerprint density at radius 3 is 2.44 bits per heavy atom. The summed E-state index contributed by atoms with van der Waals surface area (Å²) < 4.78 is 39.7. The molecule has 0 saturated carbocycles. The Hall–Kier alpha value is -3.56. The van der Waals surface area contributed by atoms with Crippen molar-refractivity contribution in [1.82, 2.24) is 5.32 Å². The molecule has 3 aromatic carbocycles. The van der Waals surface area contributed by atoms with Crippen LogP contribution in [0.25, 0.3) is 0 Å². The summed E-state index contributed by atoms with van der Waals surface area (Å²) in [6, 6.07) is 20.9. The number of nitrogens with one attached hydrogen (secondary N) is 2. The van der Waals surface area contributed by atoms with Crippen molar-refractivity contribution < 1.29 is 27.8 Å². The van der Waals surface area contributed by atoms with Crippen molar-refractivity contribution in [3.8, 4) is 5.75 Å². The Morgan fingerprint density at radius 2 is 1.75 bits per heavy atom. The number of anilines is 1. The molecule has 1 aliphatic rings. The number of benzene rings is 3. The third kappa shape index (κ3) is 5.80. The van der Waals surface area contributed by atoms with E-state index in [4.69, 9.17) is 9.47 Å². The van der Waals surface area contributed by atoms with Gasteiger partial charge in [-0.05, 0) is 57.0 Å². The van der Waals surface area contributed by atoms with E-state index in [-0.39, 0.29) is 10.6 Å². The molecule has 2 atom stereocenters. The molecule has 3 N–H and O–H groups in total. The molecule has 0 fully saturated rings. The molecule has 0 unspecified atom stereocenters. The zero-order chi connectivity index (χ0) is 25.9. The largest absolute Gasteiger partial charge is 0.484 e. The molecule has 1 aliphatic heterocycles. The summed E-state index contributed by atoms with van der Waals surface area (Å²) in [6.45, 7) is 5.60. The molecule has 3 aromatic rings. The van der Waals surface area contributed by atoms with Gasteiger partial charge >= 0.3 is 6.09 Å². The van der Waals surface area contributed by atoms with Crippen LogP contribution in [0.5, 0.6) is 5.75 Å². The summed E-state index contributed by atoms with van der Waals surface area (Å²) in [5.41, 5.74) is 1.67. The molecule has 0 aliphatic carbocycles. The third-order valence-corrected chi connectivity index (χ3v) is 7.43. The number of fused-ring (bicyclic) bond motifs is 1. The van der Waals surface area contributed by atoms with Gasteiger partial charge in [-0.2, -0.15) is 0 Å². The van der Waals surface area contributed by atoms with Crippen molar-refractivity contribution in [1.29, 1.82) is 0 Å². The van der Waals surface area contributed by atoms with Crippen LogP contribution in [-0.2, 0) is 21.2 Å². The molecule has 190 valence electrons. The molecule has 0 aromatic heterocycles. The number of alkyl carbamates (subject to hydrolysis) is 1. The van der Waals surface area contributed by atoms with Crippen LogP contribution in [0.2, 0.25) is 0 Å². The highest BCUT2D eigenvalue weighted by Crippen LogP contribution is 2.43. The van der Waals surface area contributed by atoms with Crippen LogP contribution < -0.4 is 14.8 Å². The molecule has 0 radical (unpaired) electrons. The maximum absolute atomic E-state index is 12.8. The number of rotatable bonds is 7. The SMILES string of the molecule is Cc1ccc(S(=O)(=O)Nc2ccc3c(c2)OC(C)(C)[C@H](O)[C@H]3OC(=O)NCCc2ccccc2)cc1. The van der Waals surface area contributed by atoms with Crippen LogP contribution in [0.3, 0.4) is 0 Å². The average Bonchev–Trinajstić information content (AvgIpc) is 2.82. The van der Waals surface area contributed by atoms with Crippen molar-refractivity contribution in [3.05, 3.63) is 89.5 Å². The lowest BCUT2D eigenvalue weighted by atomic mass is 9.88. The van der Waals surface area contributed by atoms with Crippen molar-refractivity contribution in [2.45, 2.75) is 49.9 Å². The normalized spacial score (nSPS) is 18.4. The molecular weight excluding hydrogens is 480 g/mol. The fraction of sp³-hybridized carbons (Fsp3) is 0.296. The van der Waals surface area contributed by atoms with Crippen LogP contribution >= 0.6 is 0 Å². The van der Waals surface area contributed by atoms with E-state index in [1.807, 2.05) is 37.3 Å². The van der Waals surface area contributed by atoms with Crippen LogP contribution in [-0.4, -0.2) is 37.9 Å². The van der Waals surface area contributed by atoms with Crippen LogP contribution in [0.15, 0.2) is 77.7 Å². The summed E-state index contributed by atoms with van der Waals surface area (Å²) in [5, 5.41) is 13.6. The molecule has 4 rings (SSSR count). The lowest BCUT2D eigenvalue weighted by molar-refractivity contribution is -0.113. The van der Waals surface area contributed by atoms with E-state index in [0.717, 1.165) is 11.1 Å². The lowest BCUT2D eigenvalue weighted by Crippen LogP contribution is -2.50. The fourth-order valence-corrected chi connectivity index (χ4v) is 5.02. The van der Waals surface area contributed by atoms with Gasteiger partial charge in [-0.1, -0.05) is 48.0 Å². The number of carbonyl (C=O) groups is 1. The molecule has 0 bridgehead atoms. The number of aliphatic hydroxyl groups is 1. The monoisotopic (exact) mass is 510 g/mol. The number of carbonyl (C=O) groups excluding carboxylic acids is 1. The van der Waals surface area contributed by atoms with Gasteiger partial charge in [0, 0.05) is 18.2 Å². The third-order valence-electron chi connectivity index (χ3n) is 6.04. The Balaban J connectivity index is 1.49. The quantitative estimate of drug-likeness (QED) is 0.436. The van der Waals surface area contributed by atoms with Gasteiger partial charge in [0.2, 0.25) is 0 Å². The maximum atomic E-state index is 12.8. The maximum Gasteiger partial charge on any atom is 0.407 e. The van der Waals surface area contributed by atoms with E-state index < -0.39 is 33.9 Å². The Labute approximate surface area is 211 Å². The lowest BCUT2D eigenvalue weighted by Gasteiger charge is -2.41. The molecule has 1 amide bonds. The molecule has 36 heavy (non-hydrogen) atoms. The van der Waals surface area contributed by atoms with Gasteiger partial charge in [-0.25, -0.2) is 13.2 Å². The fourth-order valence-electron chi connectivity index (χ4n) is 3.97. The first-order valence-corrected chi connectivity index (χ1v) is 13.1. The summed E-state index contributed by atoms with van der Waals surface area (Å²) >= 11 is 0. The van der Waals surface area contributed by atoms with Gasteiger partial charge in [-0.3, -0.25) is 4.72 Å². The Kier molecular flexibility index (Phi) is 7.23. The van der Waals surface area contributed by atoms with Gasteiger partial charge < -0.3 is 19.9 Å². The summed E-state index contributed by atoms with van der Waals surface area (Å²) in [4.78, 5) is 12.7. The van der Waals surface area contributed by atoms with Gasteiger partial charge in [0.15, 0.2) is 6.10 Å². The Bertz CT molecular complexity index is 1320. The topological polar surface area (TPSA) is 114 Å². The second-order valence-electron chi connectivity index (χ2n) is 9.31. The van der Waals surface area contributed by atoms with Gasteiger partial charge in [-0.15, -0.1) is 0 Å². The predicted molar refractivity (Wildman–Crippen MR) is 137 cm³/mol. The van der Waals surface area contributed by atoms with E-state index in [1.54, 1.807) is 38.1 Å². The van der Waals surface area contributed by atoms with Crippen LogP contribution in [0.4, 0.5) is 10.5 Å². The first-order chi connectivity index (χ1) is 17.0. The molecule has 1 heterocycles. The number of aryl methyl sites for hydroxylation is 1. The predicted octanol–water partition coefficient (Wildman–Crippen LogP) is 4.34. The van der Waals surface area contributed by atoms with Gasteiger partial charge in [0.05, 0.1) is 10.6 Å². The van der Waals surface area contributed by atoms with Crippen LogP contribution in [0, 0.1) is 6.92 Å². The zero-order valence-corrected chi connectivity index (χ0v) is 21.2. The molecule has 9 heteroatoms. The first kappa shape index (κ1) is 25.5. The smallest absolute Gasteiger partial charge is 0.407 e. The van der Waals surface area contributed by atoms with Crippen molar-refractivity contribution in [3.63, 3.8) is 0 Å². The standard InChI is InChI=1S/C27H30N2O6S/c1-18-9-12-21(13-10-18)36(32,33)29-20-11-14-22-23(17-20)35-27(2,3)25(30)24(22)34-26(31)28-16-15-19-7-5-4-6-8-19/h4-14,17,24-25,29-30H,15-16H2,1-3H3,(H,28,31)/t24-,25+/m0/s1. The minimum absolute atomic E-state index is 0.135. The van der Waals surface area contributed by atoms with E-state index in [2.05, 4.69) is 10.0 Å². The number of hydrogen-bond acceptors (Lipinski definition) is 6. The van der Waals surface area contributed by atoms with E-state index in [0.29, 0.717) is 24.3 Å². The van der Waals surface area contributed by atoms with Gasteiger partial charge in [0.25, 0.3) is 10.0 Å². The minimum atomic E-state index is -3.81. The molecular formula is C27H30N2O6S. The highest BCUT2D eigenvalue weighted by Gasteiger charge is 2.45. The second-order valence-corrected chi connectivity index (χ2v) is 11.0. The molecule has 8 nitrogen and oxygen atoms in total. The summed E-state index contributed by atoms with van der Waals surface area (Å²) in [5.74, 6) is 0.316. The van der Waals surface area contributed by atoms with Gasteiger partial charge in [0.1, 0.15) is 17.5 Å². The summed E-state index contributed by atoms with van der Waals surface area (Å²) in [7, 11) is -3.81. The number of sulfonamides is 1. The minimum Gasteiger partial charge on any atom is -0.484 e. The highest BCUT2D eigenvalue weighted by molar-refractivity contribution is 7.92. The van der Waals surface area contributed by atoms with E-state index >= 15 is 0 Å². The number of hydrogen-bond donors (Lipinski definition) is 3. The summed E-state index contributed by atoms with van der Waals surface area (Å²) in [6.07, 6.45) is -2.16. The Morgan fingerprint density at radius 1 is 1.06 bits per heavy atom. The number of amides is 1. The van der Waals surface area contributed by atoms with E-state index in [9.17, 15) is 18.3 Å². The number of ether oxygens (including phenoxy) is 2.